The number of nitrogens with one attached hydrogen (secondary N) is 1. The molecule has 0 radical (unpaired) electrons. The fourth-order valence-corrected chi connectivity index (χ4v) is 5.13. The van der Waals surface area contributed by atoms with Crippen molar-refractivity contribution in [3.8, 4) is 0 Å². The molecule has 1 aliphatic heterocycles. The fourth-order valence-electron chi connectivity index (χ4n) is 4.30. The van der Waals surface area contributed by atoms with Gasteiger partial charge in [0.25, 0.3) is 5.91 Å². The third kappa shape index (κ3) is 3.43. The summed E-state index contributed by atoms with van der Waals surface area (Å²) in [4.78, 5) is 28.2. The molecule has 2 aromatic rings. The summed E-state index contributed by atoms with van der Waals surface area (Å²) < 4.78 is 8.47. The van der Waals surface area contributed by atoms with Gasteiger partial charge in [0.05, 0.1) is 30.4 Å². The van der Waals surface area contributed by atoms with E-state index in [0.717, 1.165) is 35.9 Å². The zero-order valence-corrected chi connectivity index (χ0v) is 17.3. The van der Waals surface area contributed by atoms with E-state index in [4.69, 9.17) is 4.74 Å². The van der Waals surface area contributed by atoms with Crippen LogP contribution in [0.3, 0.4) is 0 Å². The largest absolute Gasteiger partial charge is 0.500 e. The Kier molecular flexibility index (Phi) is 5.44. The van der Waals surface area contributed by atoms with E-state index in [1.54, 1.807) is 23.3 Å². The third-order valence-electron chi connectivity index (χ3n) is 5.90. The monoisotopic (exact) mass is 401 g/mol. The van der Waals surface area contributed by atoms with E-state index in [9.17, 15) is 9.59 Å². The lowest BCUT2D eigenvalue weighted by atomic mass is 9.95. The molecule has 150 valence electrons. The number of carbonyl (C=O) groups excluding carboxylic acids is 2. The first kappa shape index (κ1) is 19.1. The predicted molar refractivity (Wildman–Crippen MR) is 110 cm³/mol. The first-order chi connectivity index (χ1) is 13.6. The van der Waals surface area contributed by atoms with Crippen molar-refractivity contribution in [3.05, 3.63) is 35.0 Å². The first-order valence-corrected chi connectivity index (χ1v) is 10.9. The summed E-state index contributed by atoms with van der Waals surface area (Å²) in [7, 11) is 1.60. The van der Waals surface area contributed by atoms with Crippen molar-refractivity contribution in [1.82, 2.24) is 14.8 Å². The van der Waals surface area contributed by atoms with Crippen LogP contribution >= 0.6 is 11.3 Å². The molecule has 2 aliphatic rings. The van der Waals surface area contributed by atoms with Crippen LogP contribution < -0.4 is 5.32 Å². The Morgan fingerprint density at radius 1 is 1.36 bits per heavy atom. The maximum Gasteiger partial charge on any atom is 0.271 e. The minimum Gasteiger partial charge on any atom is -0.500 e. The highest BCUT2D eigenvalue weighted by molar-refractivity contribution is 7.17. The molecule has 6 nitrogen and oxygen atoms in total. The second-order valence-corrected chi connectivity index (χ2v) is 8.51. The molecule has 1 atom stereocenters. The van der Waals surface area contributed by atoms with Crippen molar-refractivity contribution in [2.75, 3.05) is 13.7 Å². The number of aromatic nitrogens is 1. The van der Waals surface area contributed by atoms with Crippen LogP contribution in [0, 0.1) is 0 Å². The van der Waals surface area contributed by atoms with E-state index in [2.05, 4.69) is 5.32 Å². The van der Waals surface area contributed by atoms with Crippen molar-refractivity contribution < 1.29 is 14.3 Å². The second kappa shape index (κ2) is 7.99. The van der Waals surface area contributed by atoms with Gasteiger partial charge in [0, 0.05) is 6.04 Å². The molecule has 1 N–H and O–H groups in total. The van der Waals surface area contributed by atoms with Gasteiger partial charge < -0.3 is 19.5 Å². The summed E-state index contributed by atoms with van der Waals surface area (Å²) in [5.74, 6) is 0.509. The predicted octanol–water partition coefficient (Wildman–Crippen LogP) is 3.53. The van der Waals surface area contributed by atoms with Gasteiger partial charge in [-0.15, -0.1) is 11.3 Å². The SMILES string of the molecule is C/C=C(/CN1C(=O)c2cc3sccc3n2CC1C(=O)NC1CCCCC1)OC. The highest BCUT2D eigenvalue weighted by Gasteiger charge is 2.39. The molecule has 0 aromatic carbocycles. The highest BCUT2D eigenvalue weighted by Crippen LogP contribution is 2.30. The van der Waals surface area contributed by atoms with E-state index in [1.807, 2.05) is 35.1 Å². The molecular weight excluding hydrogens is 374 g/mol. The molecule has 0 saturated heterocycles. The van der Waals surface area contributed by atoms with Gasteiger partial charge in [-0.2, -0.15) is 0 Å². The number of rotatable bonds is 5. The number of hydrogen-bond acceptors (Lipinski definition) is 4. The lowest BCUT2D eigenvalue weighted by Gasteiger charge is -2.37. The summed E-state index contributed by atoms with van der Waals surface area (Å²) in [6, 6.07) is 3.64. The van der Waals surface area contributed by atoms with E-state index < -0.39 is 6.04 Å². The van der Waals surface area contributed by atoms with Crippen LogP contribution in [0.4, 0.5) is 0 Å². The number of allylic oxidation sites excluding steroid dienone is 1. The molecule has 2 aromatic heterocycles. The molecule has 0 spiro atoms. The Morgan fingerprint density at radius 3 is 2.86 bits per heavy atom. The Morgan fingerprint density at radius 2 is 2.14 bits per heavy atom. The van der Waals surface area contributed by atoms with Crippen LogP contribution in [0.15, 0.2) is 29.3 Å². The van der Waals surface area contributed by atoms with Gasteiger partial charge in [-0.05, 0) is 43.4 Å². The number of nitrogens with zero attached hydrogens (tertiary/aromatic N) is 2. The Labute approximate surface area is 169 Å². The van der Waals surface area contributed by atoms with Gasteiger partial charge in [0.1, 0.15) is 17.5 Å². The smallest absolute Gasteiger partial charge is 0.271 e. The molecule has 4 rings (SSSR count). The normalized spacial score (nSPS) is 21.1. The highest BCUT2D eigenvalue weighted by atomic mass is 32.1. The molecule has 7 heteroatoms. The van der Waals surface area contributed by atoms with Gasteiger partial charge in [-0.3, -0.25) is 9.59 Å². The summed E-state index contributed by atoms with van der Waals surface area (Å²) in [6.07, 6.45) is 7.43. The third-order valence-corrected chi connectivity index (χ3v) is 6.75. The van der Waals surface area contributed by atoms with E-state index in [1.165, 1.54) is 6.42 Å². The summed E-state index contributed by atoms with van der Waals surface area (Å²) in [6.45, 7) is 2.65. The lowest BCUT2D eigenvalue weighted by Crippen LogP contribution is -2.57. The summed E-state index contributed by atoms with van der Waals surface area (Å²) >= 11 is 1.62. The van der Waals surface area contributed by atoms with Gasteiger partial charge in [-0.25, -0.2) is 0 Å². The Hall–Kier alpha value is -2.28. The number of methoxy groups -OCH3 is 1. The average Bonchev–Trinajstić information content (AvgIpc) is 3.30. The quantitative estimate of drug-likeness (QED) is 0.780. The molecule has 28 heavy (non-hydrogen) atoms. The fraction of sp³-hybridized carbons (Fsp3) is 0.524. The van der Waals surface area contributed by atoms with Crippen LogP contribution in [-0.2, 0) is 16.1 Å². The van der Waals surface area contributed by atoms with E-state index >= 15 is 0 Å². The standard InChI is InChI=1S/C21H27N3O3S/c1-3-15(27-2)12-24-18(20(25)22-14-7-5-4-6-8-14)13-23-16-9-10-28-19(16)11-17(23)21(24)26/h3,9-11,14,18H,4-8,12-13H2,1-2H3,(H,22,25)/b15-3-. The lowest BCUT2D eigenvalue weighted by molar-refractivity contribution is -0.127. The molecule has 1 unspecified atom stereocenters. The van der Waals surface area contributed by atoms with Gasteiger partial charge in [0.15, 0.2) is 0 Å². The van der Waals surface area contributed by atoms with Crippen LogP contribution in [-0.4, -0.2) is 47.0 Å². The van der Waals surface area contributed by atoms with Crippen molar-refractivity contribution >= 4 is 33.4 Å². The maximum absolute atomic E-state index is 13.3. The van der Waals surface area contributed by atoms with Crippen molar-refractivity contribution in [2.45, 2.75) is 57.7 Å². The van der Waals surface area contributed by atoms with Crippen molar-refractivity contribution in [2.24, 2.45) is 0 Å². The zero-order chi connectivity index (χ0) is 19.7. The van der Waals surface area contributed by atoms with Gasteiger partial charge in [-0.1, -0.05) is 19.3 Å². The zero-order valence-electron chi connectivity index (χ0n) is 16.4. The van der Waals surface area contributed by atoms with Crippen molar-refractivity contribution in [3.63, 3.8) is 0 Å². The topological polar surface area (TPSA) is 63.6 Å². The average molecular weight is 402 g/mol. The molecule has 1 saturated carbocycles. The summed E-state index contributed by atoms with van der Waals surface area (Å²) in [5, 5.41) is 5.23. The van der Waals surface area contributed by atoms with Gasteiger partial charge in [0.2, 0.25) is 5.91 Å². The number of fused-ring (bicyclic) bond motifs is 3. The molecule has 1 fully saturated rings. The molecule has 3 heterocycles. The Bertz CT molecular complexity index is 907. The molecule has 2 amide bonds. The number of carbonyl (C=O) groups is 2. The minimum atomic E-state index is -0.539. The Balaban J connectivity index is 1.65. The number of thiophene rings is 1. The van der Waals surface area contributed by atoms with E-state index in [-0.39, 0.29) is 17.9 Å². The van der Waals surface area contributed by atoms with Crippen LogP contribution in [0.1, 0.15) is 49.5 Å². The maximum atomic E-state index is 13.3. The van der Waals surface area contributed by atoms with Gasteiger partial charge >= 0.3 is 0 Å². The number of hydrogen-bond donors (Lipinski definition) is 1. The second-order valence-electron chi connectivity index (χ2n) is 7.56. The first-order valence-electron chi connectivity index (χ1n) is 9.99. The van der Waals surface area contributed by atoms with E-state index in [0.29, 0.717) is 24.5 Å². The molecule has 1 aliphatic carbocycles. The van der Waals surface area contributed by atoms with Crippen LogP contribution in [0.25, 0.3) is 10.2 Å². The summed E-state index contributed by atoms with van der Waals surface area (Å²) in [5.41, 5.74) is 1.68. The van der Waals surface area contributed by atoms with Crippen molar-refractivity contribution in [1.29, 1.82) is 0 Å². The number of amides is 2. The molecule has 0 bridgehead atoms. The molecular formula is C21H27N3O3S. The number of ether oxygens (including phenoxy) is 1. The van der Waals surface area contributed by atoms with Crippen LogP contribution in [0.5, 0.6) is 0 Å². The van der Waals surface area contributed by atoms with Crippen LogP contribution in [0.2, 0.25) is 0 Å². The minimum absolute atomic E-state index is 0.0606.